The van der Waals surface area contributed by atoms with E-state index in [0.29, 0.717) is 11.0 Å². The second-order valence-electron chi connectivity index (χ2n) is 5.69. The van der Waals surface area contributed by atoms with Crippen LogP contribution in [0.15, 0.2) is 12.1 Å². The largest absolute Gasteiger partial charge is 0.493 e. The maximum absolute atomic E-state index is 14.0. The van der Waals surface area contributed by atoms with Gasteiger partial charge in [-0.05, 0) is 27.7 Å². The molecule has 1 atom stereocenters. The number of carbonyl (C=O) groups excluding carboxylic acids is 1. The van der Waals surface area contributed by atoms with Gasteiger partial charge in [-0.15, -0.1) is 0 Å². The molecule has 1 aromatic rings. The molecule has 0 saturated heterocycles. The van der Waals surface area contributed by atoms with Crippen molar-refractivity contribution in [1.82, 2.24) is 5.32 Å². The van der Waals surface area contributed by atoms with Crippen LogP contribution in [0, 0.1) is 5.82 Å². The van der Waals surface area contributed by atoms with E-state index < -0.39 is 23.6 Å². The maximum Gasteiger partial charge on any atom is 0.408 e. The van der Waals surface area contributed by atoms with E-state index in [1.54, 1.807) is 47.7 Å². The minimum Gasteiger partial charge on any atom is -0.493 e. The van der Waals surface area contributed by atoms with E-state index >= 15 is 0 Å². The molecule has 0 saturated carbocycles. The first-order valence-electron chi connectivity index (χ1n) is 6.48. The van der Waals surface area contributed by atoms with Crippen LogP contribution in [0.5, 0.6) is 5.75 Å². The number of hydrogen-bond donors (Lipinski definition) is 1. The van der Waals surface area contributed by atoms with Gasteiger partial charge >= 0.3 is 6.09 Å². The zero-order chi connectivity index (χ0) is 15.5. The number of halogens is 1. The molecule has 1 amide bonds. The summed E-state index contributed by atoms with van der Waals surface area (Å²) < 4.78 is 24.2. The molecule has 110 valence electrons. The fraction of sp³-hybridized carbons (Fsp3) is 0.500. The van der Waals surface area contributed by atoms with E-state index in [-0.39, 0.29) is 5.75 Å². The first-order valence-corrected chi connectivity index (χ1v) is 6.48. The number of carbonyl (C=O) groups is 1. The van der Waals surface area contributed by atoms with Gasteiger partial charge in [0.25, 0.3) is 0 Å². The molecule has 0 aliphatic heterocycles. The Hall–Kier alpha value is -1.72. The zero-order valence-electron chi connectivity index (χ0n) is 12.8. The van der Waals surface area contributed by atoms with Gasteiger partial charge in [0.2, 0.25) is 0 Å². The lowest BCUT2D eigenvalue weighted by Crippen LogP contribution is -2.34. The molecule has 1 unspecified atom stereocenters. The summed E-state index contributed by atoms with van der Waals surface area (Å²) in [5.74, 6) is -0.267. The third-order valence-electron chi connectivity index (χ3n) is 2.72. The first-order chi connectivity index (χ1) is 9.15. The molecule has 0 aromatic heterocycles. The van der Waals surface area contributed by atoms with Crippen LogP contribution in [0.3, 0.4) is 0 Å². The molecule has 0 bridgehead atoms. The molecular formula is C14H21BFNO3. The van der Waals surface area contributed by atoms with E-state index in [1.165, 1.54) is 7.11 Å². The van der Waals surface area contributed by atoms with Crippen molar-refractivity contribution in [3.05, 3.63) is 23.5 Å². The molecule has 0 radical (unpaired) electrons. The average molecular weight is 281 g/mol. The van der Waals surface area contributed by atoms with Crippen molar-refractivity contribution in [1.29, 1.82) is 0 Å². The highest BCUT2D eigenvalue weighted by molar-refractivity contribution is 6.32. The van der Waals surface area contributed by atoms with Crippen LogP contribution in [-0.4, -0.2) is 26.7 Å². The Labute approximate surface area is 120 Å². The highest BCUT2D eigenvalue weighted by Crippen LogP contribution is 2.26. The van der Waals surface area contributed by atoms with Crippen molar-refractivity contribution in [3.63, 3.8) is 0 Å². The number of alkyl carbamates (subject to hydrolysis) is 1. The smallest absolute Gasteiger partial charge is 0.408 e. The van der Waals surface area contributed by atoms with Crippen LogP contribution >= 0.6 is 0 Å². The van der Waals surface area contributed by atoms with Gasteiger partial charge in [-0.3, -0.25) is 0 Å². The Balaban J connectivity index is 2.90. The number of benzene rings is 1. The van der Waals surface area contributed by atoms with Crippen LogP contribution in [0.25, 0.3) is 0 Å². The van der Waals surface area contributed by atoms with Crippen molar-refractivity contribution in [2.45, 2.75) is 39.3 Å². The van der Waals surface area contributed by atoms with Gasteiger partial charge in [0.1, 0.15) is 13.4 Å². The molecule has 1 aromatic carbocycles. The number of ether oxygens (including phenoxy) is 2. The molecule has 0 spiro atoms. The summed E-state index contributed by atoms with van der Waals surface area (Å²) in [6, 6.07) is 2.97. The van der Waals surface area contributed by atoms with Crippen molar-refractivity contribution >= 4 is 19.4 Å². The summed E-state index contributed by atoms with van der Waals surface area (Å²) >= 11 is 0. The summed E-state index contributed by atoms with van der Waals surface area (Å²) in [4.78, 5) is 11.7. The minimum atomic E-state index is -0.577. The van der Waals surface area contributed by atoms with Crippen LogP contribution < -0.4 is 15.5 Å². The minimum absolute atomic E-state index is 0.147. The predicted molar refractivity (Wildman–Crippen MR) is 78.9 cm³/mol. The van der Waals surface area contributed by atoms with Crippen LogP contribution in [0.4, 0.5) is 9.18 Å². The Morgan fingerprint density at radius 1 is 1.40 bits per heavy atom. The normalized spacial score (nSPS) is 12.7. The van der Waals surface area contributed by atoms with Crippen molar-refractivity contribution in [2.24, 2.45) is 0 Å². The summed E-state index contributed by atoms with van der Waals surface area (Å²) in [6.45, 7) is 7.09. The van der Waals surface area contributed by atoms with E-state index in [9.17, 15) is 9.18 Å². The Morgan fingerprint density at radius 3 is 2.50 bits per heavy atom. The van der Waals surface area contributed by atoms with E-state index in [2.05, 4.69) is 5.32 Å². The van der Waals surface area contributed by atoms with Crippen LogP contribution in [-0.2, 0) is 4.74 Å². The molecular weight excluding hydrogens is 260 g/mol. The van der Waals surface area contributed by atoms with Gasteiger partial charge < -0.3 is 14.8 Å². The number of nitrogens with one attached hydrogen (secondary N) is 1. The second kappa shape index (κ2) is 6.16. The molecule has 6 heteroatoms. The SMILES string of the molecule is Bc1ccc(C(C)NC(=O)OC(C)(C)C)c(OC)c1F. The highest BCUT2D eigenvalue weighted by atomic mass is 19.1. The van der Waals surface area contributed by atoms with Gasteiger partial charge in [0.05, 0.1) is 13.2 Å². The van der Waals surface area contributed by atoms with E-state index in [1.807, 2.05) is 0 Å². The molecule has 1 rings (SSSR count). The molecule has 20 heavy (non-hydrogen) atoms. The third kappa shape index (κ3) is 4.15. The summed E-state index contributed by atoms with van der Waals surface area (Å²) in [6.07, 6.45) is -0.548. The highest BCUT2D eigenvalue weighted by Gasteiger charge is 2.21. The van der Waals surface area contributed by atoms with E-state index in [4.69, 9.17) is 9.47 Å². The predicted octanol–water partition coefficient (Wildman–Crippen LogP) is 1.68. The number of rotatable bonds is 3. The first kappa shape index (κ1) is 16.3. The molecule has 4 nitrogen and oxygen atoms in total. The van der Waals surface area contributed by atoms with Crippen LogP contribution in [0.1, 0.15) is 39.3 Å². The van der Waals surface area contributed by atoms with Crippen molar-refractivity contribution < 1.29 is 18.7 Å². The molecule has 0 aliphatic rings. The topological polar surface area (TPSA) is 47.6 Å². The maximum atomic E-state index is 14.0. The fourth-order valence-electron chi connectivity index (χ4n) is 1.78. The monoisotopic (exact) mass is 281 g/mol. The van der Waals surface area contributed by atoms with Crippen molar-refractivity contribution in [2.75, 3.05) is 7.11 Å². The summed E-state index contributed by atoms with van der Waals surface area (Å²) in [7, 11) is 3.06. The van der Waals surface area contributed by atoms with Gasteiger partial charge in [-0.1, -0.05) is 17.6 Å². The number of methoxy groups -OCH3 is 1. The van der Waals surface area contributed by atoms with Gasteiger partial charge in [-0.2, -0.15) is 0 Å². The van der Waals surface area contributed by atoms with Crippen LogP contribution in [0.2, 0.25) is 0 Å². The molecule has 1 N–H and O–H groups in total. The van der Waals surface area contributed by atoms with Gasteiger partial charge in [0, 0.05) is 5.56 Å². The summed E-state index contributed by atoms with van der Waals surface area (Å²) in [5.41, 5.74) is 0.489. The van der Waals surface area contributed by atoms with Gasteiger partial charge in [-0.25, -0.2) is 9.18 Å². The quantitative estimate of drug-likeness (QED) is 0.857. The molecule has 0 fully saturated rings. The lowest BCUT2D eigenvalue weighted by atomic mass is 9.92. The van der Waals surface area contributed by atoms with Crippen molar-refractivity contribution in [3.8, 4) is 5.75 Å². The Bertz CT molecular complexity index is 500. The average Bonchev–Trinajstić information content (AvgIpc) is 2.29. The third-order valence-corrected chi connectivity index (χ3v) is 2.72. The Morgan fingerprint density at radius 2 is 2.00 bits per heavy atom. The fourth-order valence-corrected chi connectivity index (χ4v) is 1.78. The van der Waals surface area contributed by atoms with Gasteiger partial charge in [0.15, 0.2) is 11.6 Å². The molecule has 0 aliphatic carbocycles. The Kier molecular flexibility index (Phi) is 5.03. The molecule has 0 heterocycles. The number of amides is 1. The lowest BCUT2D eigenvalue weighted by molar-refractivity contribution is 0.0507. The standard InChI is InChI=1S/C14H21BFNO3/c1-8(17-13(18)20-14(2,3)4)9-6-7-10(15)11(16)12(9)19-5/h6-8H,15H2,1-5H3,(H,17,18). The van der Waals surface area contributed by atoms with E-state index in [0.717, 1.165) is 0 Å². The number of hydrogen-bond acceptors (Lipinski definition) is 3. The second-order valence-corrected chi connectivity index (χ2v) is 5.69. The zero-order valence-corrected chi connectivity index (χ0v) is 12.8. The summed E-state index contributed by atoms with van der Waals surface area (Å²) in [5, 5.41) is 2.67. The lowest BCUT2D eigenvalue weighted by Gasteiger charge is -2.23.